The van der Waals surface area contributed by atoms with Gasteiger partial charge < -0.3 is 0 Å². The highest BCUT2D eigenvalue weighted by Crippen LogP contribution is 2.36. The summed E-state index contributed by atoms with van der Waals surface area (Å²) < 4.78 is 26.8. The molecule has 4 rings (SSSR count). The van der Waals surface area contributed by atoms with Crippen LogP contribution in [0, 0.1) is 6.92 Å². The molecule has 3 aromatic carbocycles. The number of fused-ring (bicyclic) bond motifs is 1. The summed E-state index contributed by atoms with van der Waals surface area (Å²) in [6.45, 7) is 1.92. The van der Waals surface area contributed by atoms with Gasteiger partial charge in [0.05, 0.1) is 15.3 Å². The van der Waals surface area contributed by atoms with Crippen molar-refractivity contribution in [2.24, 2.45) is 0 Å². The van der Waals surface area contributed by atoms with Gasteiger partial charge in [-0.3, -0.25) is 4.98 Å². The zero-order valence-electron chi connectivity index (χ0n) is 15.0. The normalized spacial score (nSPS) is 11.2. The number of rotatable bonds is 3. The van der Waals surface area contributed by atoms with Gasteiger partial charge in [-0.05, 0) is 42.8 Å². The number of benzene rings is 3. The summed E-state index contributed by atoms with van der Waals surface area (Å²) in [5, 5.41) is 1.38. The highest BCUT2D eigenvalue weighted by Gasteiger charge is 2.24. The minimum atomic E-state index is -3.73. The molecular formula is C22H17Cl2NO2S. The van der Waals surface area contributed by atoms with Crippen molar-refractivity contribution in [2.75, 3.05) is 0 Å². The monoisotopic (exact) mass is 429 g/mol. The molecule has 0 unspecified atom stereocenters. The third-order valence-electron chi connectivity index (χ3n) is 4.49. The Labute approximate surface area is 175 Å². The average Bonchev–Trinajstić information content (AvgIpc) is 2.68. The van der Waals surface area contributed by atoms with E-state index in [0.717, 1.165) is 22.0 Å². The number of hydrogen-bond donors (Lipinski definition) is 0. The third-order valence-corrected chi connectivity index (χ3v) is 6.53. The second-order valence-corrected chi connectivity index (χ2v) is 8.69. The standard InChI is InChI=1S/C22H16ClNO2S.ClH/c1-15-6-12-18(13-7-15)27(25,26)21-14-24-20-5-3-2-4-19(20)22(21)16-8-10-17(23)11-9-16;/h2-14H,1H3;1H. The van der Waals surface area contributed by atoms with Crippen LogP contribution in [0.1, 0.15) is 5.56 Å². The van der Waals surface area contributed by atoms with E-state index in [1.54, 1.807) is 36.4 Å². The van der Waals surface area contributed by atoms with Crippen LogP contribution < -0.4 is 0 Å². The van der Waals surface area contributed by atoms with E-state index < -0.39 is 9.84 Å². The molecule has 1 aromatic heterocycles. The van der Waals surface area contributed by atoms with Gasteiger partial charge in [-0.1, -0.05) is 59.6 Å². The quantitative estimate of drug-likeness (QED) is 0.394. The molecule has 0 radical (unpaired) electrons. The van der Waals surface area contributed by atoms with Crippen molar-refractivity contribution < 1.29 is 8.42 Å². The first-order valence-electron chi connectivity index (χ1n) is 8.42. The number of sulfone groups is 1. The SMILES string of the molecule is Cc1ccc(S(=O)(=O)c2cnc3ccccc3c2-c2ccc(Cl)cc2)cc1.Cl. The Morgan fingerprint density at radius 3 is 2.18 bits per heavy atom. The van der Waals surface area contributed by atoms with Crippen molar-refractivity contribution in [1.29, 1.82) is 0 Å². The van der Waals surface area contributed by atoms with Gasteiger partial charge >= 0.3 is 0 Å². The number of hydrogen-bond acceptors (Lipinski definition) is 3. The lowest BCUT2D eigenvalue weighted by Crippen LogP contribution is -2.05. The molecule has 0 aliphatic carbocycles. The molecule has 0 saturated carbocycles. The Morgan fingerprint density at radius 2 is 1.50 bits per heavy atom. The largest absolute Gasteiger partial charge is 0.255 e. The van der Waals surface area contributed by atoms with E-state index >= 15 is 0 Å². The smallest absolute Gasteiger partial charge is 0.208 e. The number of nitrogens with zero attached hydrogens (tertiary/aromatic N) is 1. The Bertz CT molecular complexity index is 1240. The summed E-state index contributed by atoms with van der Waals surface area (Å²) in [5.74, 6) is 0. The second-order valence-electron chi connectivity index (χ2n) is 6.34. The summed E-state index contributed by atoms with van der Waals surface area (Å²) in [4.78, 5) is 4.83. The van der Waals surface area contributed by atoms with E-state index in [2.05, 4.69) is 4.98 Å². The average molecular weight is 430 g/mol. The molecule has 0 amide bonds. The summed E-state index contributed by atoms with van der Waals surface area (Å²) in [5.41, 5.74) is 3.16. The van der Waals surface area contributed by atoms with Crippen molar-refractivity contribution in [3.63, 3.8) is 0 Å². The lowest BCUT2D eigenvalue weighted by Gasteiger charge is -2.14. The minimum Gasteiger partial charge on any atom is -0.255 e. The molecule has 0 N–H and O–H groups in total. The molecule has 3 nitrogen and oxygen atoms in total. The summed E-state index contributed by atoms with van der Waals surface area (Å²) in [6.07, 6.45) is 1.45. The highest BCUT2D eigenvalue weighted by atomic mass is 35.5. The second kappa shape index (κ2) is 7.92. The molecule has 1 heterocycles. The van der Waals surface area contributed by atoms with Crippen molar-refractivity contribution in [1.82, 2.24) is 4.98 Å². The zero-order valence-corrected chi connectivity index (χ0v) is 17.4. The van der Waals surface area contributed by atoms with Crippen molar-refractivity contribution in [3.8, 4) is 11.1 Å². The molecule has 0 fully saturated rings. The fourth-order valence-electron chi connectivity index (χ4n) is 3.09. The molecule has 6 heteroatoms. The van der Waals surface area contributed by atoms with Gasteiger partial charge in [0, 0.05) is 22.2 Å². The maximum absolute atomic E-state index is 13.4. The van der Waals surface area contributed by atoms with Crippen molar-refractivity contribution >= 4 is 44.7 Å². The minimum absolute atomic E-state index is 0. The predicted molar refractivity (Wildman–Crippen MR) is 116 cm³/mol. The topological polar surface area (TPSA) is 47.0 Å². The number of para-hydroxylation sites is 1. The molecule has 0 bridgehead atoms. The van der Waals surface area contributed by atoms with E-state index in [9.17, 15) is 8.42 Å². The van der Waals surface area contributed by atoms with Crippen LogP contribution in [-0.4, -0.2) is 13.4 Å². The van der Waals surface area contributed by atoms with Gasteiger partial charge in [0.2, 0.25) is 9.84 Å². The van der Waals surface area contributed by atoms with Gasteiger partial charge in [0.25, 0.3) is 0 Å². The number of pyridine rings is 1. The van der Waals surface area contributed by atoms with Gasteiger partial charge in [0.1, 0.15) is 0 Å². The first-order valence-corrected chi connectivity index (χ1v) is 10.3. The molecular weight excluding hydrogens is 413 g/mol. The highest BCUT2D eigenvalue weighted by molar-refractivity contribution is 7.91. The van der Waals surface area contributed by atoms with Crippen LogP contribution in [0.5, 0.6) is 0 Å². The Hall–Kier alpha value is -2.40. The van der Waals surface area contributed by atoms with E-state index in [1.807, 2.05) is 43.3 Å². The molecule has 0 aliphatic heterocycles. The maximum atomic E-state index is 13.4. The zero-order chi connectivity index (χ0) is 19.0. The molecule has 0 saturated heterocycles. The molecule has 4 aromatic rings. The first-order chi connectivity index (χ1) is 13.0. The van der Waals surface area contributed by atoms with Gasteiger partial charge in [-0.15, -0.1) is 12.4 Å². The summed E-state index contributed by atoms with van der Waals surface area (Å²) in [6, 6.07) is 21.6. The van der Waals surface area contributed by atoms with E-state index in [4.69, 9.17) is 11.6 Å². The van der Waals surface area contributed by atoms with Gasteiger partial charge in [-0.25, -0.2) is 8.42 Å². The Balaban J connectivity index is 0.00000225. The molecule has 28 heavy (non-hydrogen) atoms. The molecule has 142 valence electrons. The van der Waals surface area contributed by atoms with Crippen LogP contribution >= 0.6 is 24.0 Å². The Kier molecular flexibility index (Phi) is 5.75. The summed E-state index contributed by atoms with van der Waals surface area (Å²) >= 11 is 6.03. The lowest BCUT2D eigenvalue weighted by molar-refractivity contribution is 0.596. The predicted octanol–water partition coefficient (Wildman–Crippen LogP) is 6.12. The number of aryl methyl sites for hydroxylation is 1. The van der Waals surface area contributed by atoms with Gasteiger partial charge in [0.15, 0.2) is 0 Å². The third kappa shape index (κ3) is 3.63. The first kappa shape index (κ1) is 20.3. The van der Waals surface area contributed by atoms with E-state index in [0.29, 0.717) is 10.6 Å². The maximum Gasteiger partial charge on any atom is 0.208 e. The van der Waals surface area contributed by atoms with Crippen LogP contribution in [0.15, 0.2) is 88.8 Å². The molecule has 0 aliphatic rings. The van der Waals surface area contributed by atoms with Crippen LogP contribution in [0.2, 0.25) is 5.02 Å². The van der Waals surface area contributed by atoms with Crippen LogP contribution in [0.4, 0.5) is 0 Å². The van der Waals surface area contributed by atoms with Crippen LogP contribution in [0.25, 0.3) is 22.0 Å². The number of halogens is 2. The van der Waals surface area contributed by atoms with E-state index in [1.165, 1.54) is 6.20 Å². The van der Waals surface area contributed by atoms with Crippen LogP contribution in [-0.2, 0) is 9.84 Å². The number of aromatic nitrogens is 1. The molecule has 0 atom stereocenters. The van der Waals surface area contributed by atoms with Crippen molar-refractivity contribution in [3.05, 3.63) is 89.6 Å². The molecule has 0 spiro atoms. The fourth-order valence-corrected chi connectivity index (χ4v) is 4.65. The Morgan fingerprint density at radius 1 is 0.857 bits per heavy atom. The fraction of sp³-hybridized carbons (Fsp3) is 0.0455. The van der Waals surface area contributed by atoms with Crippen molar-refractivity contribution in [2.45, 2.75) is 16.7 Å². The van der Waals surface area contributed by atoms with Crippen LogP contribution in [0.3, 0.4) is 0 Å². The van der Waals surface area contributed by atoms with Gasteiger partial charge in [-0.2, -0.15) is 0 Å². The lowest BCUT2D eigenvalue weighted by atomic mass is 10.0. The van der Waals surface area contributed by atoms with E-state index in [-0.39, 0.29) is 22.2 Å². The summed E-state index contributed by atoms with van der Waals surface area (Å²) in [7, 11) is -3.73.